The van der Waals surface area contributed by atoms with Crippen LogP contribution in [0.5, 0.6) is 0 Å². The number of rotatable bonds is 6. The third kappa shape index (κ3) is 4.61. The lowest BCUT2D eigenvalue weighted by Gasteiger charge is -2.32. The summed E-state index contributed by atoms with van der Waals surface area (Å²) >= 11 is 0. The van der Waals surface area contributed by atoms with Gasteiger partial charge in [0.1, 0.15) is 13.2 Å². The molecule has 0 saturated carbocycles. The average Bonchev–Trinajstić information content (AvgIpc) is 3.01. The largest absolute Gasteiger partial charge is 0.495 e. The summed E-state index contributed by atoms with van der Waals surface area (Å²) in [5.74, 6) is -0.491. The molecule has 8 heteroatoms. The number of anilines is 1. The maximum atomic E-state index is 12.9. The van der Waals surface area contributed by atoms with Gasteiger partial charge in [0.2, 0.25) is 0 Å². The Bertz CT molecular complexity index is 1270. The highest BCUT2D eigenvalue weighted by atomic mass is 16.7. The van der Waals surface area contributed by atoms with E-state index in [0.29, 0.717) is 5.39 Å². The summed E-state index contributed by atoms with van der Waals surface area (Å²) in [6, 6.07) is 15.1. The first-order chi connectivity index (χ1) is 16.0. The van der Waals surface area contributed by atoms with Crippen molar-refractivity contribution in [1.82, 2.24) is 4.57 Å². The number of hydrogen-bond donors (Lipinski definition) is 0. The van der Waals surface area contributed by atoms with E-state index in [9.17, 15) is 9.59 Å². The molecule has 0 amide bonds. The average molecular weight is 462 g/mol. The van der Waals surface area contributed by atoms with Crippen LogP contribution in [0.15, 0.2) is 59.5 Å². The summed E-state index contributed by atoms with van der Waals surface area (Å²) in [5.41, 5.74) is 1.48. The fraction of sp³-hybridized carbons (Fsp3) is 0.385. The highest BCUT2D eigenvalue weighted by Gasteiger charge is 2.52. The van der Waals surface area contributed by atoms with Gasteiger partial charge in [-0.25, -0.2) is 0 Å². The standard InChI is InChI=1S/C26H31BN2O5/c1-25(2)26(3,4)34-27(33-25)22-10-8-7-9-19(22)17-32-23(30)16-29-14-13-18-15-20(28(5)6)11-12-21(18)24(29)31/h7-15H,16-17H2,1-6H3. The molecule has 2 heterocycles. The van der Waals surface area contributed by atoms with Crippen LogP contribution in [0.3, 0.4) is 0 Å². The molecule has 7 nitrogen and oxygen atoms in total. The number of fused-ring (bicyclic) bond motifs is 1. The summed E-state index contributed by atoms with van der Waals surface area (Å²) in [6.07, 6.45) is 1.63. The molecule has 0 bridgehead atoms. The first kappa shape index (κ1) is 24.0. The Morgan fingerprint density at radius 3 is 2.38 bits per heavy atom. The molecule has 0 radical (unpaired) electrons. The molecular weight excluding hydrogens is 431 g/mol. The van der Waals surface area contributed by atoms with Gasteiger partial charge in [0.05, 0.1) is 11.2 Å². The minimum atomic E-state index is -0.546. The lowest BCUT2D eigenvalue weighted by molar-refractivity contribution is -0.145. The number of hydrogen-bond acceptors (Lipinski definition) is 6. The van der Waals surface area contributed by atoms with Crippen molar-refractivity contribution in [2.45, 2.75) is 52.0 Å². The van der Waals surface area contributed by atoms with Crippen LogP contribution >= 0.6 is 0 Å². The summed E-state index contributed by atoms with van der Waals surface area (Å²) in [4.78, 5) is 27.5. The Labute approximate surface area is 200 Å². The zero-order chi connectivity index (χ0) is 24.7. The number of nitrogens with zero attached hydrogens (tertiary/aromatic N) is 2. The quantitative estimate of drug-likeness (QED) is 0.414. The van der Waals surface area contributed by atoms with Gasteiger partial charge in [-0.15, -0.1) is 0 Å². The molecule has 0 aliphatic carbocycles. The minimum Gasteiger partial charge on any atom is -0.460 e. The van der Waals surface area contributed by atoms with E-state index in [2.05, 4.69) is 0 Å². The van der Waals surface area contributed by atoms with E-state index in [4.69, 9.17) is 14.0 Å². The lowest BCUT2D eigenvalue weighted by Crippen LogP contribution is -2.41. The monoisotopic (exact) mass is 462 g/mol. The molecular formula is C26H31BN2O5. The molecule has 1 saturated heterocycles. The molecule has 4 rings (SSSR count). The number of esters is 1. The Morgan fingerprint density at radius 2 is 1.71 bits per heavy atom. The van der Waals surface area contributed by atoms with Crippen LogP contribution in [0.4, 0.5) is 5.69 Å². The van der Waals surface area contributed by atoms with E-state index in [-0.39, 0.29) is 18.7 Å². The first-order valence-corrected chi connectivity index (χ1v) is 11.4. The number of carbonyl (C=O) groups is 1. The molecule has 34 heavy (non-hydrogen) atoms. The lowest BCUT2D eigenvalue weighted by atomic mass is 9.76. The Kier molecular flexibility index (Phi) is 6.31. The fourth-order valence-corrected chi connectivity index (χ4v) is 3.89. The van der Waals surface area contributed by atoms with E-state index >= 15 is 0 Å². The number of pyridine rings is 1. The maximum absolute atomic E-state index is 12.9. The fourth-order valence-electron chi connectivity index (χ4n) is 3.89. The minimum absolute atomic E-state index is 0.0631. The van der Waals surface area contributed by atoms with Gasteiger partial charge in [-0.3, -0.25) is 9.59 Å². The zero-order valence-corrected chi connectivity index (χ0v) is 20.6. The van der Waals surface area contributed by atoms with E-state index in [1.165, 1.54) is 4.57 Å². The van der Waals surface area contributed by atoms with Crippen molar-refractivity contribution in [2.24, 2.45) is 0 Å². The van der Waals surface area contributed by atoms with Crippen LogP contribution < -0.4 is 15.9 Å². The number of carbonyl (C=O) groups excluding carboxylic acids is 1. The molecule has 3 aromatic rings. The number of benzene rings is 2. The van der Waals surface area contributed by atoms with Crippen molar-refractivity contribution in [1.29, 1.82) is 0 Å². The van der Waals surface area contributed by atoms with E-state index < -0.39 is 24.3 Å². The van der Waals surface area contributed by atoms with Gasteiger partial charge in [0, 0.05) is 31.4 Å². The van der Waals surface area contributed by atoms with Crippen LogP contribution in [0.2, 0.25) is 0 Å². The number of aromatic nitrogens is 1. The molecule has 0 unspecified atom stereocenters. The third-order valence-corrected chi connectivity index (χ3v) is 6.73. The van der Waals surface area contributed by atoms with Crippen LogP contribution in [0, 0.1) is 0 Å². The predicted octanol–water partition coefficient (Wildman–Crippen LogP) is 3.11. The molecule has 1 aliphatic heterocycles. The molecule has 0 N–H and O–H groups in total. The van der Waals surface area contributed by atoms with Crippen LogP contribution in [0.25, 0.3) is 10.8 Å². The van der Waals surface area contributed by atoms with Crippen molar-refractivity contribution < 1.29 is 18.8 Å². The second kappa shape index (κ2) is 8.93. The smallest absolute Gasteiger partial charge is 0.460 e. The molecule has 0 atom stereocenters. The molecule has 1 fully saturated rings. The zero-order valence-electron chi connectivity index (χ0n) is 20.6. The molecule has 1 aliphatic rings. The van der Waals surface area contributed by atoms with Gasteiger partial charge in [0.25, 0.3) is 5.56 Å². The molecule has 1 aromatic heterocycles. The molecule has 2 aromatic carbocycles. The molecule has 0 spiro atoms. The van der Waals surface area contributed by atoms with Crippen molar-refractivity contribution in [3.05, 3.63) is 70.6 Å². The summed E-state index contributed by atoms with van der Waals surface area (Å²) in [7, 11) is 3.35. The van der Waals surface area contributed by atoms with Gasteiger partial charge in [0.15, 0.2) is 0 Å². The highest BCUT2D eigenvalue weighted by molar-refractivity contribution is 6.62. The van der Waals surface area contributed by atoms with Crippen molar-refractivity contribution >= 4 is 35.0 Å². The van der Waals surface area contributed by atoms with Crippen LogP contribution in [-0.4, -0.2) is 43.0 Å². The van der Waals surface area contributed by atoms with Crippen molar-refractivity contribution in [3.63, 3.8) is 0 Å². The predicted molar refractivity (Wildman–Crippen MR) is 134 cm³/mol. The van der Waals surface area contributed by atoms with Gasteiger partial charge < -0.3 is 23.5 Å². The normalized spacial score (nSPS) is 16.6. The van der Waals surface area contributed by atoms with E-state index in [1.54, 1.807) is 12.3 Å². The Morgan fingerprint density at radius 1 is 1.03 bits per heavy atom. The van der Waals surface area contributed by atoms with Crippen molar-refractivity contribution in [3.8, 4) is 0 Å². The summed E-state index contributed by atoms with van der Waals surface area (Å²) in [5, 5.41) is 1.39. The van der Waals surface area contributed by atoms with Gasteiger partial charge in [-0.05, 0) is 68.4 Å². The number of ether oxygens (including phenoxy) is 1. The molecule has 178 valence electrons. The van der Waals surface area contributed by atoms with E-state index in [1.807, 2.05) is 89.2 Å². The Hall–Kier alpha value is -3.10. The van der Waals surface area contributed by atoms with Gasteiger partial charge in [-0.2, -0.15) is 0 Å². The van der Waals surface area contributed by atoms with Gasteiger partial charge in [-0.1, -0.05) is 24.3 Å². The van der Waals surface area contributed by atoms with Crippen LogP contribution in [0.1, 0.15) is 33.3 Å². The second-order valence-corrected chi connectivity index (χ2v) is 9.86. The second-order valence-electron chi connectivity index (χ2n) is 9.86. The third-order valence-electron chi connectivity index (χ3n) is 6.73. The Balaban J connectivity index is 1.46. The van der Waals surface area contributed by atoms with E-state index in [0.717, 1.165) is 22.1 Å². The maximum Gasteiger partial charge on any atom is 0.495 e. The first-order valence-electron chi connectivity index (χ1n) is 11.4. The topological polar surface area (TPSA) is 70.0 Å². The van der Waals surface area contributed by atoms with Crippen LogP contribution in [-0.2, 0) is 32.0 Å². The summed E-state index contributed by atoms with van der Waals surface area (Å²) in [6.45, 7) is 7.89. The van der Waals surface area contributed by atoms with Gasteiger partial charge >= 0.3 is 13.1 Å². The van der Waals surface area contributed by atoms with Crippen molar-refractivity contribution in [2.75, 3.05) is 19.0 Å². The summed E-state index contributed by atoms with van der Waals surface area (Å²) < 4.78 is 19.2. The highest BCUT2D eigenvalue weighted by Crippen LogP contribution is 2.36. The SMILES string of the molecule is CN(C)c1ccc2c(=O)n(CC(=O)OCc3ccccc3B3OC(C)(C)C(C)(C)O3)ccc2c1.